The summed E-state index contributed by atoms with van der Waals surface area (Å²) in [6, 6.07) is 0. The maximum atomic E-state index is 5.57. The van der Waals surface area contributed by atoms with E-state index < -0.39 is 0 Å². The molecule has 2 fully saturated rings. The second-order valence-electron chi connectivity index (χ2n) is 5.94. The van der Waals surface area contributed by atoms with Crippen LogP contribution in [0.15, 0.2) is 0 Å². The molecule has 94 valence electrons. The lowest BCUT2D eigenvalue weighted by atomic mass is 9.86. The van der Waals surface area contributed by atoms with Gasteiger partial charge in [-0.2, -0.15) is 0 Å². The van der Waals surface area contributed by atoms with Gasteiger partial charge >= 0.3 is 0 Å². The van der Waals surface area contributed by atoms with Crippen LogP contribution in [-0.4, -0.2) is 25.3 Å². The fraction of sp³-hybridized carbons (Fsp3) is 1.00. The maximum Gasteiger partial charge on any atom is 0.0645 e. The summed E-state index contributed by atoms with van der Waals surface area (Å²) in [5.74, 6) is 0.995. The quantitative estimate of drug-likeness (QED) is 0.793. The smallest absolute Gasteiger partial charge is 0.0645 e. The summed E-state index contributed by atoms with van der Waals surface area (Å²) >= 11 is 0. The van der Waals surface area contributed by atoms with Crippen molar-refractivity contribution in [3.63, 3.8) is 0 Å². The van der Waals surface area contributed by atoms with Gasteiger partial charge in [0.1, 0.15) is 0 Å². The molecule has 1 unspecified atom stereocenters. The van der Waals surface area contributed by atoms with Crippen LogP contribution in [0.3, 0.4) is 0 Å². The zero-order chi connectivity index (χ0) is 11.3. The molecule has 2 aliphatic rings. The zero-order valence-electron chi connectivity index (χ0n) is 10.8. The Hall–Kier alpha value is -0.0800. The highest BCUT2D eigenvalue weighted by molar-refractivity contribution is 4.85. The van der Waals surface area contributed by atoms with Crippen molar-refractivity contribution in [3.05, 3.63) is 0 Å². The van der Waals surface area contributed by atoms with Crippen LogP contribution >= 0.6 is 0 Å². The van der Waals surface area contributed by atoms with Gasteiger partial charge in [-0.25, -0.2) is 0 Å². The average molecular weight is 225 g/mol. The third-order valence-corrected chi connectivity index (χ3v) is 4.27. The Morgan fingerprint density at radius 3 is 2.69 bits per heavy atom. The van der Waals surface area contributed by atoms with Gasteiger partial charge in [0.2, 0.25) is 0 Å². The molecule has 1 N–H and O–H groups in total. The Morgan fingerprint density at radius 1 is 1.19 bits per heavy atom. The van der Waals surface area contributed by atoms with Crippen molar-refractivity contribution in [2.24, 2.45) is 5.92 Å². The molecule has 1 saturated heterocycles. The van der Waals surface area contributed by atoms with Gasteiger partial charge in [0, 0.05) is 12.1 Å². The number of rotatable bonds is 4. The summed E-state index contributed by atoms with van der Waals surface area (Å²) < 4.78 is 5.57. The fourth-order valence-electron chi connectivity index (χ4n) is 3.13. The molecule has 1 aliphatic carbocycles. The minimum Gasteiger partial charge on any atom is -0.380 e. The molecule has 16 heavy (non-hydrogen) atoms. The first-order valence-electron chi connectivity index (χ1n) is 7.11. The molecule has 1 aliphatic heterocycles. The highest BCUT2D eigenvalue weighted by Gasteiger charge is 2.26. The van der Waals surface area contributed by atoms with E-state index in [1.165, 1.54) is 57.9 Å². The van der Waals surface area contributed by atoms with E-state index in [2.05, 4.69) is 12.2 Å². The van der Waals surface area contributed by atoms with Crippen LogP contribution in [0, 0.1) is 5.92 Å². The normalized spacial score (nSPS) is 32.8. The minimum atomic E-state index is 0.257. The summed E-state index contributed by atoms with van der Waals surface area (Å²) in [7, 11) is 0. The van der Waals surface area contributed by atoms with Gasteiger partial charge in [-0.1, -0.05) is 32.1 Å². The number of ether oxygens (including phenoxy) is 1. The predicted molar refractivity (Wildman–Crippen MR) is 67.7 cm³/mol. The van der Waals surface area contributed by atoms with Crippen molar-refractivity contribution in [3.8, 4) is 0 Å². The summed E-state index contributed by atoms with van der Waals surface area (Å²) in [6.07, 6.45) is 11.2. The first-order valence-corrected chi connectivity index (χ1v) is 7.11. The van der Waals surface area contributed by atoms with Gasteiger partial charge in [-0.15, -0.1) is 0 Å². The van der Waals surface area contributed by atoms with Crippen molar-refractivity contribution in [1.82, 2.24) is 5.32 Å². The molecule has 2 nitrogen and oxygen atoms in total. The van der Waals surface area contributed by atoms with E-state index >= 15 is 0 Å². The van der Waals surface area contributed by atoms with Crippen LogP contribution in [-0.2, 0) is 4.74 Å². The Morgan fingerprint density at radius 2 is 2.00 bits per heavy atom. The van der Waals surface area contributed by atoms with Crippen molar-refractivity contribution in [2.75, 3.05) is 19.8 Å². The second kappa shape index (κ2) is 6.02. The van der Waals surface area contributed by atoms with E-state index in [4.69, 9.17) is 4.74 Å². The van der Waals surface area contributed by atoms with E-state index in [1.807, 2.05) is 0 Å². The van der Waals surface area contributed by atoms with Gasteiger partial charge in [0.15, 0.2) is 0 Å². The number of nitrogens with one attached hydrogen (secondary N) is 1. The van der Waals surface area contributed by atoms with E-state index in [-0.39, 0.29) is 5.54 Å². The van der Waals surface area contributed by atoms with Crippen molar-refractivity contribution < 1.29 is 4.74 Å². The predicted octanol–water partition coefficient (Wildman–Crippen LogP) is 3.12. The molecular weight excluding hydrogens is 198 g/mol. The van der Waals surface area contributed by atoms with E-state index in [9.17, 15) is 0 Å². The van der Waals surface area contributed by atoms with Crippen molar-refractivity contribution >= 4 is 0 Å². The molecule has 0 amide bonds. The molecule has 0 spiro atoms. The summed E-state index contributed by atoms with van der Waals surface area (Å²) in [4.78, 5) is 0. The Labute approximate surface area is 100 Å². The minimum absolute atomic E-state index is 0.257. The van der Waals surface area contributed by atoms with Crippen LogP contribution in [0.1, 0.15) is 58.3 Å². The summed E-state index contributed by atoms with van der Waals surface area (Å²) in [5, 5.41) is 3.72. The number of hydrogen-bond acceptors (Lipinski definition) is 2. The van der Waals surface area contributed by atoms with E-state index in [0.717, 1.165) is 19.1 Å². The van der Waals surface area contributed by atoms with E-state index in [1.54, 1.807) is 0 Å². The van der Waals surface area contributed by atoms with E-state index in [0.29, 0.717) is 0 Å². The van der Waals surface area contributed by atoms with Crippen LogP contribution < -0.4 is 5.32 Å². The van der Waals surface area contributed by atoms with Crippen LogP contribution in [0.5, 0.6) is 0 Å². The molecule has 0 radical (unpaired) electrons. The Bertz CT molecular complexity index is 193. The summed E-state index contributed by atoms with van der Waals surface area (Å²) in [5.41, 5.74) is 0.257. The standard InChI is InChI=1S/C14H27NO/c1-14(9-5-11-16-12-14)15-10-8-13-6-3-2-4-7-13/h13,15H,2-12H2,1H3. The fourth-order valence-corrected chi connectivity index (χ4v) is 3.13. The summed E-state index contributed by atoms with van der Waals surface area (Å²) in [6.45, 7) is 5.36. The van der Waals surface area contributed by atoms with Gasteiger partial charge < -0.3 is 10.1 Å². The monoisotopic (exact) mass is 225 g/mol. The Balaban J connectivity index is 1.62. The highest BCUT2D eigenvalue weighted by Crippen LogP contribution is 2.26. The lowest BCUT2D eigenvalue weighted by Gasteiger charge is -2.35. The second-order valence-corrected chi connectivity index (χ2v) is 5.94. The molecule has 1 saturated carbocycles. The highest BCUT2D eigenvalue weighted by atomic mass is 16.5. The molecule has 0 aromatic carbocycles. The molecule has 1 heterocycles. The number of hydrogen-bond donors (Lipinski definition) is 1. The van der Waals surface area contributed by atoms with Crippen molar-refractivity contribution in [1.29, 1.82) is 0 Å². The molecule has 2 rings (SSSR count). The maximum absolute atomic E-state index is 5.57. The van der Waals surface area contributed by atoms with Gasteiger partial charge in [0.25, 0.3) is 0 Å². The first-order chi connectivity index (χ1) is 7.79. The van der Waals surface area contributed by atoms with Crippen molar-refractivity contribution in [2.45, 2.75) is 63.8 Å². The topological polar surface area (TPSA) is 21.3 Å². The van der Waals surface area contributed by atoms with Crippen LogP contribution in [0.4, 0.5) is 0 Å². The zero-order valence-corrected chi connectivity index (χ0v) is 10.8. The largest absolute Gasteiger partial charge is 0.380 e. The molecule has 2 heteroatoms. The third-order valence-electron chi connectivity index (χ3n) is 4.27. The van der Waals surface area contributed by atoms with Crippen LogP contribution in [0.2, 0.25) is 0 Å². The molecular formula is C14H27NO. The average Bonchev–Trinajstić information content (AvgIpc) is 2.31. The van der Waals surface area contributed by atoms with Gasteiger partial charge in [0.05, 0.1) is 6.61 Å². The van der Waals surface area contributed by atoms with Gasteiger partial charge in [-0.05, 0) is 38.6 Å². The lowest BCUT2D eigenvalue weighted by molar-refractivity contribution is 0.0279. The SMILES string of the molecule is CC1(NCCC2CCCCC2)CCCOC1. The molecule has 1 atom stereocenters. The molecule has 0 aromatic heterocycles. The lowest BCUT2D eigenvalue weighted by Crippen LogP contribution is -2.49. The molecule has 0 aromatic rings. The molecule has 0 bridgehead atoms. The first kappa shape index (κ1) is 12.4. The van der Waals surface area contributed by atoms with Crippen LogP contribution in [0.25, 0.3) is 0 Å². The van der Waals surface area contributed by atoms with Gasteiger partial charge in [-0.3, -0.25) is 0 Å². The Kier molecular flexibility index (Phi) is 4.66. The third kappa shape index (κ3) is 3.74.